The number of rotatable bonds is 3. The van der Waals surface area contributed by atoms with Crippen LogP contribution < -0.4 is 10.6 Å². The summed E-state index contributed by atoms with van der Waals surface area (Å²) in [5, 5.41) is 5.39. The Labute approximate surface area is 104 Å². The first-order valence-corrected chi connectivity index (χ1v) is 5.76. The van der Waals surface area contributed by atoms with Crippen LogP contribution in [0, 0.1) is 5.41 Å². The van der Waals surface area contributed by atoms with Gasteiger partial charge in [0.2, 0.25) is 11.8 Å². The lowest BCUT2D eigenvalue weighted by molar-refractivity contribution is -0.134. The third-order valence-electron chi connectivity index (χ3n) is 2.65. The molecule has 1 aliphatic heterocycles. The van der Waals surface area contributed by atoms with E-state index in [-0.39, 0.29) is 16.3 Å². The van der Waals surface area contributed by atoms with Gasteiger partial charge in [0.15, 0.2) is 0 Å². The summed E-state index contributed by atoms with van der Waals surface area (Å²) < 4.78 is 0.127. The van der Waals surface area contributed by atoms with E-state index in [1.807, 2.05) is 6.92 Å². The number of hydrogen-bond donors (Lipinski definition) is 2. The Bertz CT molecular complexity index is 315. The van der Waals surface area contributed by atoms with Gasteiger partial charge in [-0.25, -0.2) is 0 Å². The van der Waals surface area contributed by atoms with E-state index >= 15 is 0 Å². The van der Waals surface area contributed by atoms with Gasteiger partial charge in [-0.2, -0.15) is 0 Å². The summed E-state index contributed by atoms with van der Waals surface area (Å²) in [5.74, 6) is -0.104. The molecule has 0 saturated carbocycles. The summed E-state index contributed by atoms with van der Waals surface area (Å²) in [7, 11) is 0. The summed E-state index contributed by atoms with van der Waals surface area (Å²) in [4.78, 5) is 22.8. The fourth-order valence-corrected chi connectivity index (χ4v) is 1.64. The number of amides is 2. The first kappa shape index (κ1) is 13.3. The van der Waals surface area contributed by atoms with Crippen molar-refractivity contribution >= 4 is 35.0 Å². The molecular weight excluding hydrogens is 251 g/mol. The Morgan fingerprint density at radius 1 is 1.62 bits per heavy atom. The number of piperidine rings is 1. The number of hydrogen-bond acceptors (Lipinski definition) is 2. The summed E-state index contributed by atoms with van der Waals surface area (Å²) in [6.07, 6.45) is 2.45. The molecule has 0 spiro atoms. The van der Waals surface area contributed by atoms with Crippen LogP contribution in [-0.2, 0) is 9.59 Å². The van der Waals surface area contributed by atoms with Crippen molar-refractivity contribution in [2.75, 3.05) is 13.1 Å². The molecule has 1 rings (SSSR count). The molecule has 1 atom stereocenters. The van der Waals surface area contributed by atoms with E-state index in [1.165, 1.54) is 6.08 Å². The van der Waals surface area contributed by atoms with Crippen LogP contribution in [0.15, 0.2) is 10.6 Å². The molecule has 0 aromatic carbocycles. The molecular formula is C10H14Cl2N2O2. The molecule has 1 saturated heterocycles. The van der Waals surface area contributed by atoms with Crippen molar-refractivity contribution in [1.29, 1.82) is 0 Å². The molecule has 0 aromatic rings. The van der Waals surface area contributed by atoms with Crippen LogP contribution in [0.4, 0.5) is 0 Å². The topological polar surface area (TPSA) is 58.2 Å². The molecule has 90 valence electrons. The van der Waals surface area contributed by atoms with Crippen LogP contribution in [0.5, 0.6) is 0 Å². The van der Waals surface area contributed by atoms with Crippen molar-refractivity contribution in [2.24, 2.45) is 5.41 Å². The van der Waals surface area contributed by atoms with Crippen molar-refractivity contribution in [2.45, 2.75) is 19.8 Å². The maximum atomic E-state index is 11.8. The van der Waals surface area contributed by atoms with E-state index in [1.54, 1.807) is 0 Å². The lowest BCUT2D eigenvalue weighted by Gasteiger charge is -2.31. The van der Waals surface area contributed by atoms with Crippen LogP contribution in [0.2, 0.25) is 0 Å². The highest BCUT2D eigenvalue weighted by atomic mass is 35.5. The highest BCUT2D eigenvalue weighted by molar-refractivity contribution is 6.55. The van der Waals surface area contributed by atoms with E-state index < -0.39 is 5.41 Å². The third-order valence-corrected chi connectivity index (χ3v) is 2.96. The molecule has 1 aliphatic rings. The van der Waals surface area contributed by atoms with Gasteiger partial charge in [0.25, 0.3) is 0 Å². The Morgan fingerprint density at radius 3 is 2.81 bits per heavy atom. The normalized spacial score (nSPS) is 24.6. The molecule has 1 unspecified atom stereocenters. The van der Waals surface area contributed by atoms with Gasteiger partial charge in [-0.1, -0.05) is 23.2 Å². The lowest BCUT2D eigenvalue weighted by Crippen LogP contribution is -2.50. The first-order valence-electron chi connectivity index (χ1n) is 5.00. The van der Waals surface area contributed by atoms with Crippen molar-refractivity contribution in [3.8, 4) is 0 Å². The van der Waals surface area contributed by atoms with Gasteiger partial charge >= 0.3 is 0 Å². The molecule has 0 bridgehead atoms. The minimum absolute atomic E-state index is 0.00558. The Morgan fingerprint density at radius 2 is 2.31 bits per heavy atom. The summed E-state index contributed by atoms with van der Waals surface area (Å²) in [6.45, 7) is 2.49. The molecule has 2 N–H and O–H groups in total. The quantitative estimate of drug-likeness (QED) is 0.809. The molecule has 1 heterocycles. The van der Waals surface area contributed by atoms with E-state index in [0.29, 0.717) is 25.9 Å². The number of carbonyl (C=O) groups excluding carboxylic acids is 2. The lowest BCUT2D eigenvalue weighted by atomic mass is 9.81. The zero-order chi connectivity index (χ0) is 12.2. The zero-order valence-corrected chi connectivity index (χ0v) is 10.5. The van der Waals surface area contributed by atoms with Gasteiger partial charge in [0, 0.05) is 19.5 Å². The van der Waals surface area contributed by atoms with Gasteiger partial charge in [0.05, 0.1) is 5.41 Å². The fourth-order valence-electron chi connectivity index (χ4n) is 1.49. The van der Waals surface area contributed by atoms with E-state index in [9.17, 15) is 9.59 Å². The molecule has 1 fully saturated rings. The summed E-state index contributed by atoms with van der Waals surface area (Å²) in [5.41, 5.74) is -0.541. The number of carbonyl (C=O) groups is 2. The minimum atomic E-state index is -0.541. The van der Waals surface area contributed by atoms with Gasteiger partial charge in [0.1, 0.15) is 4.49 Å². The van der Waals surface area contributed by atoms with Gasteiger partial charge in [-0.05, 0) is 19.4 Å². The highest BCUT2D eigenvalue weighted by Gasteiger charge is 2.36. The van der Waals surface area contributed by atoms with Crippen molar-refractivity contribution in [1.82, 2.24) is 10.6 Å². The van der Waals surface area contributed by atoms with E-state index in [2.05, 4.69) is 10.6 Å². The Balaban J connectivity index is 2.46. The number of nitrogens with one attached hydrogen (secondary N) is 2. The second-order valence-corrected chi connectivity index (χ2v) is 5.05. The van der Waals surface area contributed by atoms with Crippen LogP contribution in [0.25, 0.3) is 0 Å². The Kier molecular flexibility index (Phi) is 4.62. The van der Waals surface area contributed by atoms with Crippen molar-refractivity contribution in [3.05, 3.63) is 10.6 Å². The third kappa shape index (κ3) is 3.68. The van der Waals surface area contributed by atoms with E-state index in [0.717, 1.165) is 0 Å². The minimum Gasteiger partial charge on any atom is -0.355 e. The molecule has 16 heavy (non-hydrogen) atoms. The van der Waals surface area contributed by atoms with Gasteiger partial charge < -0.3 is 10.6 Å². The molecule has 6 heteroatoms. The van der Waals surface area contributed by atoms with Crippen LogP contribution >= 0.6 is 23.2 Å². The van der Waals surface area contributed by atoms with Gasteiger partial charge in [-0.3, -0.25) is 9.59 Å². The van der Waals surface area contributed by atoms with Crippen LogP contribution in [0.1, 0.15) is 19.8 Å². The van der Waals surface area contributed by atoms with Crippen molar-refractivity contribution < 1.29 is 9.59 Å². The number of halogens is 2. The largest absolute Gasteiger partial charge is 0.355 e. The SMILES string of the molecule is CC1(C(=O)NCC=C(Cl)Cl)CCC(=O)NC1. The highest BCUT2D eigenvalue weighted by Crippen LogP contribution is 2.25. The second-order valence-electron chi connectivity index (χ2n) is 4.04. The predicted octanol–water partition coefficient (Wildman–Crippen LogP) is 1.34. The second kappa shape index (κ2) is 5.55. The Hall–Kier alpha value is -0.740. The molecule has 4 nitrogen and oxygen atoms in total. The molecule has 0 aromatic heterocycles. The maximum absolute atomic E-state index is 11.8. The fraction of sp³-hybridized carbons (Fsp3) is 0.600. The monoisotopic (exact) mass is 264 g/mol. The smallest absolute Gasteiger partial charge is 0.227 e. The first-order chi connectivity index (χ1) is 7.44. The predicted molar refractivity (Wildman–Crippen MR) is 63.1 cm³/mol. The van der Waals surface area contributed by atoms with Crippen LogP contribution in [-0.4, -0.2) is 24.9 Å². The molecule has 0 aliphatic carbocycles. The van der Waals surface area contributed by atoms with Crippen LogP contribution in [0.3, 0.4) is 0 Å². The average molecular weight is 265 g/mol. The van der Waals surface area contributed by atoms with Gasteiger partial charge in [-0.15, -0.1) is 0 Å². The maximum Gasteiger partial charge on any atom is 0.227 e. The molecule has 2 amide bonds. The zero-order valence-electron chi connectivity index (χ0n) is 8.98. The van der Waals surface area contributed by atoms with E-state index in [4.69, 9.17) is 23.2 Å². The van der Waals surface area contributed by atoms with Crippen molar-refractivity contribution in [3.63, 3.8) is 0 Å². The summed E-state index contributed by atoms with van der Waals surface area (Å²) >= 11 is 10.8. The average Bonchev–Trinajstić information content (AvgIpc) is 2.22. The molecule has 0 radical (unpaired) electrons. The summed E-state index contributed by atoms with van der Waals surface area (Å²) in [6, 6.07) is 0. The standard InChI is InChI=1S/C10H14Cl2N2O2/c1-10(4-2-8(15)14-6-10)9(16)13-5-3-7(11)12/h3H,2,4-6H2,1H3,(H,13,16)(H,14,15).